The Morgan fingerprint density at radius 2 is 1.53 bits per heavy atom. The Balaban J connectivity index is 0.000000149. The van der Waals surface area contributed by atoms with Crippen LogP contribution in [0.1, 0.15) is 16.7 Å². The summed E-state index contributed by atoms with van der Waals surface area (Å²) in [7, 11) is 1.52. The summed E-state index contributed by atoms with van der Waals surface area (Å²) in [5.74, 6) is 1.82. The smallest absolute Gasteiger partial charge is 0.290 e. The lowest BCUT2D eigenvalue weighted by Crippen LogP contribution is -2.17. The fourth-order valence-electron chi connectivity index (χ4n) is 3.67. The minimum Gasteiger partial charge on any atom is -0.493 e. The third kappa shape index (κ3) is 5.04. The first-order valence-corrected chi connectivity index (χ1v) is 12.3. The maximum absolute atomic E-state index is 11.5. The van der Waals surface area contributed by atoms with E-state index in [1.54, 1.807) is 24.3 Å². The first-order valence-electron chi connectivity index (χ1n) is 10.6. The standard InChI is InChI=1S/C12H9NO5S.C12H9NO3S/c1-16-7-2-6(3-8-10(7)18-5-17-8)4-9-11(14)13-12(15)19-9;14-11-10(17-12(15)13-11)6-7-1-2-9-8(5-7)3-4-16-9/h2-4H,5H2,1H3,(H,13,14,15);1-2,5-6H,3-4H2,(H,13,14,15). The molecule has 2 aromatic carbocycles. The molecule has 4 aliphatic heterocycles. The lowest BCUT2D eigenvalue weighted by molar-refractivity contribution is -0.116. The summed E-state index contributed by atoms with van der Waals surface area (Å²) >= 11 is 1.80. The van der Waals surface area contributed by atoms with Crippen molar-refractivity contribution in [2.75, 3.05) is 20.5 Å². The van der Waals surface area contributed by atoms with Crippen molar-refractivity contribution in [1.82, 2.24) is 10.6 Å². The first-order chi connectivity index (χ1) is 17.4. The van der Waals surface area contributed by atoms with Crippen LogP contribution in [0.4, 0.5) is 9.59 Å². The van der Waals surface area contributed by atoms with Crippen molar-refractivity contribution in [1.29, 1.82) is 0 Å². The summed E-state index contributed by atoms with van der Waals surface area (Å²) in [6.45, 7) is 0.850. The summed E-state index contributed by atoms with van der Waals surface area (Å²) in [5.41, 5.74) is 2.77. The highest BCUT2D eigenvalue weighted by Gasteiger charge is 2.27. The van der Waals surface area contributed by atoms with Crippen LogP contribution in [0.5, 0.6) is 23.0 Å². The van der Waals surface area contributed by atoms with Crippen LogP contribution in [-0.2, 0) is 16.0 Å². The number of benzene rings is 2. The van der Waals surface area contributed by atoms with Gasteiger partial charge in [0.2, 0.25) is 12.5 Å². The van der Waals surface area contributed by atoms with E-state index in [0.717, 1.165) is 46.8 Å². The number of ether oxygens (including phenoxy) is 4. The van der Waals surface area contributed by atoms with Gasteiger partial charge in [0.05, 0.1) is 23.5 Å². The number of carbonyl (C=O) groups is 4. The van der Waals surface area contributed by atoms with Crippen molar-refractivity contribution >= 4 is 58.0 Å². The number of methoxy groups -OCH3 is 1. The summed E-state index contributed by atoms with van der Waals surface area (Å²) in [4.78, 5) is 45.7. The molecule has 0 saturated carbocycles. The molecule has 0 spiro atoms. The number of imide groups is 2. The molecule has 4 heterocycles. The highest BCUT2D eigenvalue weighted by Crippen LogP contribution is 2.42. The van der Waals surface area contributed by atoms with Crippen molar-refractivity contribution < 1.29 is 38.1 Å². The Morgan fingerprint density at radius 1 is 0.833 bits per heavy atom. The van der Waals surface area contributed by atoms with Crippen LogP contribution in [-0.4, -0.2) is 42.8 Å². The topological polar surface area (TPSA) is 129 Å². The molecule has 0 aliphatic carbocycles. The van der Waals surface area contributed by atoms with Crippen molar-refractivity contribution in [3.63, 3.8) is 0 Å². The number of thioether (sulfide) groups is 2. The SMILES string of the molecule is COc1cc(C=C2SC(=O)NC2=O)cc2c1OCO2.O=C1NC(=O)C(=Cc2ccc3c(c2)CCO3)S1. The fourth-order valence-corrected chi connectivity index (χ4v) is 5.04. The highest BCUT2D eigenvalue weighted by atomic mass is 32.2. The molecule has 2 aromatic rings. The van der Waals surface area contributed by atoms with Gasteiger partial charge >= 0.3 is 0 Å². The second-order valence-corrected chi connectivity index (χ2v) is 9.66. The van der Waals surface area contributed by atoms with Crippen molar-refractivity contribution in [2.24, 2.45) is 0 Å². The molecule has 0 unspecified atom stereocenters. The minimum atomic E-state index is -0.397. The second kappa shape index (κ2) is 9.99. The van der Waals surface area contributed by atoms with Crippen LogP contribution < -0.4 is 29.6 Å². The molecule has 0 atom stereocenters. The van der Waals surface area contributed by atoms with Gasteiger partial charge in [-0.05, 0) is 76.6 Å². The molecule has 0 bridgehead atoms. The average molecular weight is 527 g/mol. The molecule has 4 aliphatic rings. The molecule has 2 saturated heterocycles. The number of hydrogen-bond donors (Lipinski definition) is 2. The zero-order valence-corrected chi connectivity index (χ0v) is 20.4. The quantitative estimate of drug-likeness (QED) is 0.571. The molecule has 6 rings (SSSR count). The van der Waals surface area contributed by atoms with Crippen LogP contribution in [0.3, 0.4) is 0 Å². The van der Waals surface area contributed by atoms with E-state index in [0.29, 0.717) is 39.2 Å². The van der Waals surface area contributed by atoms with E-state index in [1.165, 1.54) is 7.11 Å². The van der Waals surface area contributed by atoms with Crippen LogP contribution in [0.25, 0.3) is 12.2 Å². The van der Waals surface area contributed by atoms with Crippen molar-refractivity contribution in [3.8, 4) is 23.0 Å². The van der Waals surface area contributed by atoms with Gasteiger partial charge in [0, 0.05) is 6.42 Å². The van der Waals surface area contributed by atoms with Gasteiger partial charge in [0.1, 0.15) is 5.75 Å². The van der Waals surface area contributed by atoms with Gasteiger partial charge in [-0.1, -0.05) is 6.07 Å². The van der Waals surface area contributed by atoms with E-state index in [2.05, 4.69) is 10.6 Å². The molecule has 10 nitrogen and oxygen atoms in total. The van der Waals surface area contributed by atoms with Gasteiger partial charge in [-0.2, -0.15) is 0 Å². The maximum atomic E-state index is 11.5. The number of fused-ring (bicyclic) bond motifs is 2. The summed E-state index contributed by atoms with van der Waals surface area (Å²) < 4.78 is 21.2. The fraction of sp³-hybridized carbons (Fsp3) is 0.167. The lowest BCUT2D eigenvalue weighted by Gasteiger charge is -2.06. The van der Waals surface area contributed by atoms with Gasteiger partial charge < -0.3 is 18.9 Å². The van der Waals surface area contributed by atoms with E-state index in [-0.39, 0.29) is 23.2 Å². The summed E-state index contributed by atoms with van der Waals surface area (Å²) in [5, 5.41) is 3.74. The summed E-state index contributed by atoms with van der Waals surface area (Å²) in [6, 6.07) is 9.22. The Kier molecular flexibility index (Phi) is 6.61. The molecule has 2 N–H and O–H groups in total. The Hall–Kier alpha value is -3.90. The van der Waals surface area contributed by atoms with E-state index < -0.39 is 5.91 Å². The average Bonchev–Trinajstić information content (AvgIpc) is 3.62. The van der Waals surface area contributed by atoms with Crippen molar-refractivity contribution in [3.05, 3.63) is 56.8 Å². The first kappa shape index (κ1) is 23.8. The number of nitrogens with one attached hydrogen (secondary N) is 2. The Bertz CT molecular complexity index is 1370. The van der Waals surface area contributed by atoms with Crippen LogP contribution in [0.2, 0.25) is 0 Å². The van der Waals surface area contributed by atoms with E-state index in [4.69, 9.17) is 18.9 Å². The highest BCUT2D eigenvalue weighted by molar-refractivity contribution is 8.18. The molecule has 4 amide bonds. The number of amides is 4. The van der Waals surface area contributed by atoms with Crippen LogP contribution in [0, 0.1) is 0 Å². The normalized spacial score (nSPS) is 19.6. The molecule has 0 aromatic heterocycles. The second-order valence-electron chi connectivity index (χ2n) is 7.63. The van der Waals surface area contributed by atoms with Gasteiger partial charge in [0.25, 0.3) is 22.3 Å². The van der Waals surface area contributed by atoms with E-state index >= 15 is 0 Å². The third-order valence-electron chi connectivity index (χ3n) is 5.27. The Morgan fingerprint density at radius 3 is 2.17 bits per heavy atom. The largest absolute Gasteiger partial charge is 0.493 e. The zero-order valence-electron chi connectivity index (χ0n) is 18.7. The molecule has 0 radical (unpaired) electrons. The molecule has 2 fully saturated rings. The molecular weight excluding hydrogens is 508 g/mol. The molecule has 12 heteroatoms. The Labute approximate surface area is 213 Å². The zero-order chi connectivity index (χ0) is 25.2. The predicted molar refractivity (Wildman–Crippen MR) is 133 cm³/mol. The summed E-state index contributed by atoms with van der Waals surface area (Å²) in [6.07, 6.45) is 4.23. The minimum absolute atomic E-state index is 0.138. The lowest BCUT2D eigenvalue weighted by atomic mass is 10.1. The van der Waals surface area contributed by atoms with Crippen LogP contribution in [0.15, 0.2) is 40.1 Å². The maximum Gasteiger partial charge on any atom is 0.290 e. The number of carbonyl (C=O) groups excluding carboxylic acids is 4. The van der Waals surface area contributed by atoms with Gasteiger partial charge in [-0.3, -0.25) is 29.8 Å². The predicted octanol–water partition coefficient (Wildman–Crippen LogP) is 3.69. The van der Waals surface area contributed by atoms with Gasteiger partial charge in [-0.25, -0.2) is 0 Å². The van der Waals surface area contributed by atoms with Gasteiger partial charge in [-0.15, -0.1) is 0 Å². The monoisotopic (exact) mass is 526 g/mol. The number of hydrogen-bond acceptors (Lipinski definition) is 10. The third-order valence-corrected chi connectivity index (χ3v) is 6.90. The van der Waals surface area contributed by atoms with E-state index in [9.17, 15) is 19.2 Å². The van der Waals surface area contributed by atoms with Crippen LogP contribution >= 0.6 is 23.5 Å². The number of rotatable bonds is 3. The molecular formula is C24H18N2O8S2. The van der Waals surface area contributed by atoms with E-state index in [1.807, 2.05) is 18.2 Å². The molecule has 184 valence electrons. The van der Waals surface area contributed by atoms with Gasteiger partial charge in [0.15, 0.2) is 11.5 Å². The van der Waals surface area contributed by atoms with Crippen molar-refractivity contribution in [2.45, 2.75) is 6.42 Å². The molecule has 36 heavy (non-hydrogen) atoms.